The molecule has 1 saturated carbocycles. The molecule has 118 valence electrons. The van der Waals surface area contributed by atoms with Crippen molar-refractivity contribution < 1.29 is 17.6 Å². The largest absolute Gasteiger partial charge is 0.416 e. The van der Waals surface area contributed by atoms with E-state index in [2.05, 4.69) is 19.2 Å². The summed E-state index contributed by atoms with van der Waals surface area (Å²) in [6.07, 6.45) is -1.39. The van der Waals surface area contributed by atoms with Crippen LogP contribution in [0, 0.1) is 17.7 Å². The molecule has 1 aromatic carbocycles. The second kappa shape index (κ2) is 6.34. The zero-order valence-corrected chi connectivity index (χ0v) is 12.3. The second-order valence-corrected chi connectivity index (χ2v) is 6.29. The Balaban J connectivity index is 2.06. The summed E-state index contributed by atoms with van der Waals surface area (Å²) in [7, 11) is 0. The third-order valence-electron chi connectivity index (χ3n) is 4.14. The van der Waals surface area contributed by atoms with E-state index in [4.69, 9.17) is 0 Å². The van der Waals surface area contributed by atoms with E-state index < -0.39 is 17.6 Å². The molecule has 1 aliphatic carbocycles. The standard InChI is InChI=1S/C16H21F4N/c1-10-5-11(2)7-14(6-10)21-9-12-3-4-13(17)8-15(12)16(18,19)20/h3-4,8,10-11,14,21H,5-7,9H2,1-2H3. The van der Waals surface area contributed by atoms with Gasteiger partial charge in [-0.15, -0.1) is 0 Å². The van der Waals surface area contributed by atoms with Crippen LogP contribution in [0.5, 0.6) is 0 Å². The zero-order valence-electron chi connectivity index (χ0n) is 12.3. The number of nitrogens with one attached hydrogen (secondary N) is 1. The zero-order chi connectivity index (χ0) is 15.6. The molecule has 21 heavy (non-hydrogen) atoms. The van der Waals surface area contributed by atoms with Gasteiger partial charge < -0.3 is 5.32 Å². The Morgan fingerprint density at radius 1 is 1.10 bits per heavy atom. The minimum atomic E-state index is -4.52. The summed E-state index contributed by atoms with van der Waals surface area (Å²) in [6, 6.07) is 3.11. The number of halogens is 4. The maximum absolute atomic E-state index is 13.1. The Morgan fingerprint density at radius 3 is 2.29 bits per heavy atom. The summed E-state index contributed by atoms with van der Waals surface area (Å²) in [5, 5.41) is 3.21. The first kappa shape index (κ1) is 16.3. The predicted octanol–water partition coefficient (Wildman–Crippen LogP) is 4.76. The van der Waals surface area contributed by atoms with Crippen molar-refractivity contribution in [3.8, 4) is 0 Å². The minimum Gasteiger partial charge on any atom is -0.310 e. The van der Waals surface area contributed by atoms with Crippen molar-refractivity contribution >= 4 is 0 Å². The van der Waals surface area contributed by atoms with E-state index in [-0.39, 0.29) is 18.2 Å². The molecule has 0 spiro atoms. The highest BCUT2D eigenvalue weighted by molar-refractivity contribution is 5.30. The SMILES string of the molecule is CC1CC(C)CC(NCc2ccc(F)cc2C(F)(F)F)C1. The maximum Gasteiger partial charge on any atom is 0.416 e. The monoisotopic (exact) mass is 303 g/mol. The van der Waals surface area contributed by atoms with Gasteiger partial charge in [0.05, 0.1) is 5.56 Å². The van der Waals surface area contributed by atoms with Gasteiger partial charge in [0.2, 0.25) is 0 Å². The first-order valence-electron chi connectivity index (χ1n) is 7.34. The fourth-order valence-corrected chi connectivity index (χ4v) is 3.33. The van der Waals surface area contributed by atoms with E-state index in [9.17, 15) is 17.6 Å². The second-order valence-electron chi connectivity index (χ2n) is 6.29. The molecule has 0 amide bonds. The molecule has 2 unspecified atom stereocenters. The first-order chi connectivity index (χ1) is 9.75. The molecule has 1 nitrogen and oxygen atoms in total. The van der Waals surface area contributed by atoms with Gasteiger partial charge in [0.1, 0.15) is 5.82 Å². The summed E-state index contributed by atoms with van der Waals surface area (Å²) >= 11 is 0. The van der Waals surface area contributed by atoms with E-state index in [0.717, 1.165) is 18.9 Å². The smallest absolute Gasteiger partial charge is 0.310 e. The minimum absolute atomic E-state index is 0.106. The van der Waals surface area contributed by atoms with Gasteiger partial charge in [0.25, 0.3) is 0 Å². The fraction of sp³-hybridized carbons (Fsp3) is 0.625. The molecule has 0 aliphatic heterocycles. The number of benzene rings is 1. The molecular formula is C16H21F4N. The average molecular weight is 303 g/mol. The molecular weight excluding hydrogens is 282 g/mol. The summed E-state index contributed by atoms with van der Waals surface area (Å²) in [5.41, 5.74) is -0.776. The van der Waals surface area contributed by atoms with Gasteiger partial charge in [-0.25, -0.2) is 4.39 Å². The lowest BCUT2D eigenvalue weighted by atomic mass is 9.80. The average Bonchev–Trinajstić information content (AvgIpc) is 2.35. The molecule has 0 aromatic heterocycles. The highest BCUT2D eigenvalue weighted by atomic mass is 19.4. The highest BCUT2D eigenvalue weighted by Gasteiger charge is 2.34. The van der Waals surface area contributed by atoms with Crippen molar-refractivity contribution in [2.75, 3.05) is 0 Å². The Labute approximate surface area is 122 Å². The van der Waals surface area contributed by atoms with Gasteiger partial charge in [-0.2, -0.15) is 13.2 Å². The van der Waals surface area contributed by atoms with Crippen molar-refractivity contribution in [1.82, 2.24) is 5.32 Å². The molecule has 5 heteroatoms. The lowest BCUT2D eigenvalue weighted by molar-refractivity contribution is -0.138. The van der Waals surface area contributed by atoms with Crippen molar-refractivity contribution in [1.29, 1.82) is 0 Å². The van der Waals surface area contributed by atoms with Crippen LogP contribution in [0.3, 0.4) is 0 Å². The number of rotatable bonds is 3. The van der Waals surface area contributed by atoms with Crippen LogP contribution >= 0.6 is 0 Å². The van der Waals surface area contributed by atoms with Gasteiger partial charge >= 0.3 is 6.18 Å². The topological polar surface area (TPSA) is 12.0 Å². The summed E-state index contributed by atoms with van der Waals surface area (Å²) < 4.78 is 51.8. The summed E-state index contributed by atoms with van der Waals surface area (Å²) in [5.74, 6) is 0.314. The van der Waals surface area contributed by atoms with Gasteiger partial charge in [-0.05, 0) is 48.8 Å². The Kier molecular flexibility index (Phi) is 4.91. The molecule has 1 aromatic rings. The van der Waals surface area contributed by atoms with Crippen LogP contribution in [0.25, 0.3) is 0 Å². The van der Waals surface area contributed by atoms with Crippen LogP contribution in [0.2, 0.25) is 0 Å². The summed E-state index contributed by atoms with van der Waals surface area (Å²) in [6.45, 7) is 4.46. The van der Waals surface area contributed by atoms with Crippen LogP contribution in [-0.2, 0) is 12.7 Å². The molecule has 1 fully saturated rings. The molecule has 2 atom stereocenters. The van der Waals surface area contributed by atoms with E-state index >= 15 is 0 Å². The van der Waals surface area contributed by atoms with Gasteiger partial charge in [0, 0.05) is 12.6 Å². The van der Waals surface area contributed by atoms with Gasteiger partial charge in [0.15, 0.2) is 0 Å². The first-order valence-corrected chi connectivity index (χ1v) is 7.34. The van der Waals surface area contributed by atoms with Crippen LogP contribution < -0.4 is 5.32 Å². The fourth-order valence-electron chi connectivity index (χ4n) is 3.33. The Bertz CT molecular complexity index is 474. The van der Waals surface area contributed by atoms with Gasteiger partial charge in [-0.1, -0.05) is 19.9 Å². The molecule has 0 radical (unpaired) electrons. The Morgan fingerprint density at radius 2 is 1.71 bits per heavy atom. The Hall–Kier alpha value is -1.10. The molecule has 2 rings (SSSR count). The quantitative estimate of drug-likeness (QED) is 0.794. The molecule has 1 N–H and O–H groups in total. The third kappa shape index (κ3) is 4.43. The predicted molar refractivity (Wildman–Crippen MR) is 74.2 cm³/mol. The summed E-state index contributed by atoms with van der Waals surface area (Å²) in [4.78, 5) is 0. The molecule has 0 saturated heterocycles. The number of alkyl halides is 3. The normalized spacial score (nSPS) is 26.9. The van der Waals surface area contributed by atoms with Gasteiger partial charge in [-0.3, -0.25) is 0 Å². The third-order valence-corrected chi connectivity index (χ3v) is 4.14. The molecule has 1 aliphatic rings. The van der Waals surface area contributed by atoms with E-state index in [0.29, 0.717) is 17.9 Å². The maximum atomic E-state index is 13.1. The lowest BCUT2D eigenvalue weighted by Crippen LogP contribution is -2.36. The number of hydrogen-bond donors (Lipinski definition) is 1. The van der Waals surface area contributed by atoms with Crippen molar-refractivity contribution in [3.05, 3.63) is 35.1 Å². The van der Waals surface area contributed by atoms with Crippen LogP contribution in [0.15, 0.2) is 18.2 Å². The lowest BCUT2D eigenvalue weighted by Gasteiger charge is -2.32. The van der Waals surface area contributed by atoms with Crippen molar-refractivity contribution in [2.24, 2.45) is 11.8 Å². The van der Waals surface area contributed by atoms with Crippen LogP contribution in [-0.4, -0.2) is 6.04 Å². The molecule has 0 bridgehead atoms. The van der Waals surface area contributed by atoms with E-state index in [1.807, 2.05) is 0 Å². The van der Waals surface area contributed by atoms with Crippen molar-refractivity contribution in [2.45, 2.75) is 51.9 Å². The van der Waals surface area contributed by atoms with Crippen LogP contribution in [0.1, 0.15) is 44.2 Å². The van der Waals surface area contributed by atoms with Crippen LogP contribution in [0.4, 0.5) is 17.6 Å². The number of hydrogen-bond acceptors (Lipinski definition) is 1. The van der Waals surface area contributed by atoms with E-state index in [1.165, 1.54) is 12.5 Å². The van der Waals surface area contributed by atoms with Crippen molar-refractivity contribution in [3.63, 3.8) is 0 Å². The van der Waals surface area contributed by atoms with E-state index in [1.54, 1.807) is 0 Å². The highest BCUT2D eigenvalue weighted by Crippen LogP contribution is 2.33. The molecule has 0 heterocycles.